The first kappa shape index (κ1) is 28.9. The number of amides is 1. The summed E-state index contributed by atoms with van der Waals surface area (Å²) in [5.74, 6) is 1.18. The highest BCUT2D eigenvalue weighted by Crippen LogP contribution is 2.33. The smallest absolute Gasteiger partial charge is 0.335 e. The van der Waals surface area contributed by atoms with Crippen molar-refractivity contribution in [2.45, 2.75) is 33.2 Å². The van der Waals surface area contributed by atoms with E-state index in [-0.39, 0.29) is 17.4 Å². The summed E-state index contributed by atoms with van der Waals surface area (Å²) < 4.78 is 5.82. The van der Waals surface area contributed by atoms with E-state index in [1.807, 2.05) is 62.1 Å². The molecule has 0 radical (unpaired) electrons. The molecule has 0 aliphatic carbocycles. The Labute approximate surface area is 240 Å². The SMILES string of the molecule is CC(C)C1=NC(c2cccc(Cl)c2)=C(C(=O)O)C(C)N1CCCN(C)C(=O)c1ccc(Oc2ccccc2)cc1. The van der Waals surface area contributed by atoms with Crippen molar-refractivity contribution < 1.29 is 19.4 Å². The Morgan fingerprint density at radius 1 is 1.02 bits per heavy atom. The number of rotatable bonds is 10. The Kier molecular flexibility index (Phi) is 9.27. The third-order valence-electron chi connectivity index (χ3n) is 6.83. The normalized spacial score (nSPS) is 15.2. The molecule has 1 unspecified atom stereocenters. The Bertz CT molecular complexity index is 1420. The molecule has 8 heteroatoms. The van der Waals surface area contributed by atoms with Crippen LogP contribution in [0.3, 0.4) is 0 Å². The molecule has 3 aromatic carbocycles. The van der Waals surface area contributed by atoms with Gasteiger partial charge >= 0.3 is 5.97 Å². The van der Waals surface area contributed by atoms with Gasteiger partial charge in [-0.25, -0.2) is 9.79 Å². The number of halogens is 1. The molecule has 1 amide bonds. The molecule has 0 bridgehead atoms. The summed E-state index contributed by atoms with van der Waals surface area (Å²) in [6.07, 6.45) is 0.646. The monoisotopic (exact) mass is 559 g/mol. The molecule has 7 nitrogen and oxygen atoms in total. The fourth-order valence-corrected chi connectivity index (χ4v) is 4.98. The standard InChI is InChI=1S/C32H34ClN3O4/c1-21(2)30-34-29(24-10-8-11-25(33)20-24)28(32(38)39)22(3)36(30)19-9-18-35(4)31(37)23-14-16-27(17-15-23)40-26-12-6-5-7-13-26/h5-8,10-17,20-22H,9,18-19H2,1-4H3,(H,38,39). The second-order valence-electron chi connectivity index (χ2n) is 10.1. The molecular formula is C32H34ClN3O4. The van der Waals surface area contributed by atoms with Crippen LogP contribution in [0.2, 0.25) is 5.02 Å². The highest BCUT2D eigenvalue weighted by Gasteiger charge is 2.34. The Morgan fingerprint density at radius 2 is 1.70 bits per heavy atom. The van der Waals surface area contributed by atoms with Crippen LogP contribution in [0.25, 0.3) is 5.70 Å². The lowest BCUT2D eigenvalue weighted by Gasteiger charge is -2.38. The molecule has 1 atom stereocenters. The van der Waals surface area contributed by atoms with Gasteiger partial charge in [0.05, 0.1) is 17.3 Å². The molecule has 0 saturated carbocycles. The van der Waals surface area contributed by atoms with Gasteiger partial charge in [0.2, 0.25) is 0 Å². The molecule has 1 aliphatic rings. The van der Waals surface area contributed by atoms with Crippen LogP contribution in [0.5, 0.6) is 11.5 Å². The van der Waals surface area contributed by atoms with Gasteiger partial charge in [-0.05, 0) is 61.9 Å². The van der Waals surface area contributed by atoms with Gasteiger partial charge in [0.25, 0.3) is 5.91 Å². The molecule has 40 heavy (non-hydrogen) atoms. The summed E-state index contributed by atoms with van der Waals surface area (Å²) in [5.41, 5.74) is 1.92. The summed E-state index contributed by atoms with van der Waals surface area (Å²) in [4.78, 5) is 34.0. The minimum absolute atomic E-state index is 0.0722. The summed E-state index contributed by atoms with van der Waals surface area (Å²) in [5, 5.41) is 10.6. The Balaban J connectivity index is 1.42. The van der Waals surface area contributed by atoms with E-state index in [2.05, 4.69) is 0 Å². The van der Waals surface area contributed by atoms with E-state index in [1.54, 1.807) is 54.4 Å². The van der Waals surface area contributed by atoms with E-state index in [0.717, 1.165) is 11.6 Å². The van der Waals surface area contributed by atoms with Crippen molar-refractivity contribution in [3.8, 4) is 11.5 Å². The Hall–Kier alpha value is -4.10. The molecule has 0 fully saturated rings. The number of carboxylic acid groups (broad SMARTS) is 1. The van der Waals surface area contributed by atoms with Gasteiger partial charge in [-0.15, -0.1) is 0 Å². The van der Waals surface area contributed by atoms with Crippen LogP contribution in [-0.4, -0.2) is 58.8 Å². The van der Waals surface area contributed by atoms with Gasteiger partial charge in [-0.2, -0.15) is 0 Å². The fourth-order valence-electron chi connectivity index (χ4n) is 4.79. The highest BCUT2D eigenvalue weighted by atomic mass is 35.5. The number of carbonyl (C=O) groups excluding carboxylic acids is 1. The van der Waals surface area contributed by atoms with Crippen LogP contribution in [-0.2, 0) is 4.79 Å². The quantitative estimate of drug-likeness (QED) is 0.294. The molecular weight excluding hydrogens is 526 g/mol. The number of hydrogen-bond donors (Lipinski definition) is 1. The second-order valence-corrected chi connectivity index (χ2v) is 10.5. The van der Waals surface area contributed by atoms with Crippen LogP contribution in [0.15, 0.2) is 89.4 Å². The summed E-state index contributed by atoms with van der Waals surface area (Å²) in [6, 6.07) is 23.3. The van der Waals surface area contributed by atoms with Crippen molar-refractivity contribution in [2.75, 3.05) is 20.1 Å². The first-order valence-corrected chi connectivity index (χ1v) is 13.7. The maximum absolute atomic E-state index is 13.1. The third-order valence-corrected chi connectivity index (χ3v) is 7.06. The van der Waals surface area contributed by atoms with Crippen molar-refractivity contribution in [1.82, 2.24) is 9.80 Å². The van der Waals surface area contributed by atoms with Crippen LogP contribution in [0, 0.1) is 5.92 Å². The third kappa shape index (κ3) is 6.72. The van der Waals surface area contributed by atoms with E-state index in [0.29, 0.717) is 47.1 Å². The number of nitrogens with zero attached hydrogens (tertiary/aromatic N) is 3. The van der Waals surface area contributed by atoms with Crippen molar-refractivity contribution >= 4 is 35.0 Å². The average molecular weight is 560 g/mol. The largest absolute Gasteiger partial charge is 0.478 e. The number of carbonyl (C=O) groups is 2. The predicted octanol–water partition coefficient (Wildman–Crippen LogP) is 6.85. The van der Waals surface area contributed by atoms with Gasteiger partial charge in [-0.1, -0.05) is 55.8 Å². The Morgan fingerprint density at radius 3 is 2.33 bits per heavy atom. The number of ether oxygens (including phenoxy) is 1. The molecule has 1 aliphatic heterocycles. The van der Waals surface area contributed by atoms with E-state index >= 15 is 0 Å². The molecule has 208 valence electrons. The molecule has 3 aromatic rings. The van der Waals surface area contributed by atoms with Gasteiger partial charge in [0.1, 0.15) is 17.3 Å². The molecule has 1 heterocycles. The molecule has 4 rings (SSSR count). The number of hydrogen-bond acceptors (Lipinski definition) is 5. The summed E-state index contributed by atoms with van der Waals surface area (Å²) in [7, 11) is 1.77. The topological polar surface area (TPSA) is 82.4 Å². The van der Waals surface area contributed by atoms with E-state index in [9.17, 15) is 14.7 Å². The van der Waals surface area contributed by atoms with Gasteiger partial charge < -0.3 is 19.6 Å². The number of benzene rings is 3. The molecule has 0 saturated heterocycles. The molecule has 0 aromatic heterocycles. The van der Waals surface area contributed by atoms with Crippen LogP contribution in [0.4, 0.5) is 0 Å². The number of aliphatic carboxylic acids is 1. The second kappa shape index (κ2) is 12.8. The number of para-hydroxylation sites is 1. The maximum atomic E-state index is 13.1. The highest BCUT2D eigenvalue weighted by molar-refractivity contribution is 6.30. The lowest BCUT2D eigenvalue weighted by atomic mass is 9.95. The minimum atomic E-state index is -1.01. The first-order chi connectivity index (χ1) is 19.2. The zero-order valence-corrected chi connectivity index (χ0v) is 23.9. The molecule has 1 N–H and O–H groups in total. The van der Waals surface area contributed by atoms with Gasteiger partial charge in [-0.3, -0.25) is 4.79 Å². The van der Waals surface area contributed by atoms with Crippen LogP contribution < -0.4 is 4.74 Å². The minimum Gasteiger partial charge on any atom is -0.478 e. The molecule has 0 spiro atoms. The summed E-state index contributed by atoms with van der Waals surface area (Å²) in [6.45, 7) is 7.03. The van der Waals surface area contributed by atoms with E-state index < -0.39 is 12.0 Å². The van der Waals surface area contributed by atoms with E-state index in [1.165, 1.54) is 0 Å². The number of aliphatic imine (C=N–C) groups is 1. The lowest BCUT2D eigenvalue weighted by Crippen LogP contribution is -2.47. The van der Waals surface area contributed by atoms with Gasteiger partial charge in [0.15, 0.2) is 0 Å². The maximum Gasteiger partial charge on any atom is 0.335 e. The van der Waals surface area contributed by atoms with Crippen molar-refractivity contribution in [1.29, 1.82) is 0 Å². The van der Waals surface area contributed by atoms with Crippen molar-refractivity contribution in [3.05, 3.63) is 101 Å². The van der Waals surface area contributed by atoms with Crippen molar-refractivity contribution in [3.63, 3.8) is 0 Å². The van der Waals surface area contributed by atoms with Crippen LogP contribution >= 0.6 is 11.6 Å². The zero-order chi connectivity index (χ0) is 28.8. The number of amidine groups is 1. The number of carboxylic acids is 1. The van der Waals surface area contributed by atoms with E-state index in [4.69, 9.17) is 21.3 Å². The van der Waals surface area contributed by atoms with Crippen molar-refractivity contribution in [2.24, 2.45) is 10.9 Å². The average Bonchev–Trinajstić information content (AvgIpc) is 2.93. The lowest BCUT2D eigenvalue weighted by molar-refractivity contribution is -0.133. The predicted molar refractivity (Wildman–Crippen MR) is 159 cm³/mol. The summed E-state index contributed by atoms with van der Waals surface area (Å²) >= 11 is 6.20. The van der Waals surface area contributed by atoms with Crippen LogP contribution in [0.1, 0.15) is 43.1 Å². The van der Waals surface area contributed by atoms with Gasteiger partial charge in [0, 0.05) is 42.2 Å². The first-order valence-electron chi connectivity index (χ1n) is 13.3. The zero-order valence-electron chi connectivity index (χ0n) is 23.2. The fraction of sp³-hybridized carbons (Fsp3) is 0.281.